The summed E-state index contributed by atoms with van der Waals surface area (Å²) >= 11 is 0. The number of fused-ring (bicyclic) bond motifs is 2. The Bertz CT molecular complexity index is 3340. The number of unbranched alkanes of at least 4 members (excludes halogenated alkanes) is 7. The van der Waals surface area contributed by atoms with Crippen LogP contribution in [0.4, 0.5) is 14.5 Å². The van der Waals surface area contributed by atoms with E-state index in [-0.39, 0.29) is 74.0 Å². The first-order valence-electron chi connectivity index (χ1n) is 27.9. The largest absolute Gasteiger partial charge is 0.370 e. The molecule has 17 nitrogen and oxygen atoms in total. The second-order valence-corrected chi connectivity index (χ2v) is 21.5. The molecule has 5 atom stereocenters. The van der Waals surface area contributed by atoms with E-state index in [1.54, 1.807) is 42.5 Å². The van der Waals surface area contributed by atoms with Crippen molar-refractivity contribution in [3.05, 3.63) is 136 Å². The van der Waals surface area contributed by atoms with Crippen LogP contribution in [0.3, 0.4) is 0 Å². The topological polar surface area (TPSA) is 250 Å². The van der Waals surface area contributed by atoms with Crippen molar-refractivity contribution in [3.8, 4) is 11.8 Å². The first-order valence-corrected chi connectivity index (χ1v) is 27.9. The van der Waals surface area contributed by atoms with E-state index >= 15 is 0 Å². The number of halogens is 2. The summed E-state index contributed by atoms with van der Waals surface area (Å²) in [5.41, 5.74) is 10.6. The van der Waals surface area contributed by atoms with Crippen LogP contribution in [0.1, 0.15) is 157 Å². The minimum absolute atomic E-state index is 0.0595. The first kappa shape index (κ1) is 57.2. The molecule has 422 valence electrons. The minimum Gasteiger partial charge on any atom is -0.370 e. The molecule has 19 heteroatoms. The number of alkyl halides is 2. The van der Waals surface area contributed by atoms with E-state index in [0.717, 1.165) is 67.7 Å². The number of benzene rings is 4. The molecule has 8 amide bonds. The summed E-state index contributed by atoms with van der Waals surface area (Å²) < 4.78 is 28.2. The van der Waals surface area contributed by atoms with Crippen molar-refractivity contribution in [2.24, 2.45) is 5.73 Å². The molecule has 4 aliphatic rings. The molecule has 5 heterocycles. The maximum atomic E-state index is 14.6. The zero-order valence-corrected chi connectivity index (χ0v) is 45.2. The van der Waals surface area contributed by atoms with Crippen LogP contribution in [0.5, 0.6) is 0 Å². The van der Waals surface area contributed by atoms with E-state index < -0.39 is 71.3 Å². The summed E-state index contributed by atoms with van der Waals surface area (Å²) in [4.78, 5) is 126. The van der Waals surface area contributed by atoms with Gasteiger partial charge in [-0.25, -0.2) is 8.78 Å². The number of anilines is 1. The lowest BCUT2D eigenvalue weighted by atomic mass is 9.89. The average molecular weight is 1110 g/mol. The van der Waals surface area contributed by atoms with Crippen LogP contribution in [0.15, 0.2) is 91.0 Å². The number of carbonyl (C=O) groups excluding carboxylic acids is 9. The van der Waals surface area contributed by atoms with Crippen LogP contribution in [0, 0.1) is 11.8 Å². The number of piperidine rings is 1. The van der Waals surface area contributed by atoms with Gasteiger partial charge >= 0.3 is 0 Å². The Morgan fingerprint density at radius 3 is 2.33 bits per heavy atom. The second kappa shape index (κ2) is 25.3. The van der Waals surface area contributed by atoms with Gasteiger partial charge in [0.1, 0.15) is 23.8 Å². The number of nitrogens with one attached hydrogen (secondary N) is 5. The van der Waals surface area contributed by atoms with Crippen molar-refractivity contribution < 1.29 is 51.9 Å². The lowest BCUT2D eigenvalue weighted by molar-refractivity contribution is -0.137. The molecular formula is C62H66F2N8O9. The predicted octanol–water partition coefficient (Wildman–Crippen LogP) is 6.83. The van der Waals surface area contributed by atoms with Gasteiger partial charge in [-0.15, -0.1) is 0 Å². The summed E-state index contributed by atoms with van der Waals surface area (Å²) in [5.74, 6) is -1.97. The van der Waals surface area contributed by atoms with Gasteiger partial charge in [0.15, 0.2) is 5.78 Å². The number of hydrogen-bond acceptors (Lipinski definition) is 9. The Morgan fingerprint density at radius 1 is 0.840 bits per heavy atom. The fourth-order valence-electron chi connectivity index (χ4n) is 11.4. The molecule has 9 rings (SSSR count). The summed E-state index contributed by atoms with van der Waals surface area (Å²) in [6.07, 6.45) is 7.64. The summed E-state index contributed by atoms with van der Waals surface area (Å²) in [6, 6.07) is 21.1. The van der Waals surface area contributed by atoms with Crippen molar-refractivity contribution in [2.45, 2.75) is 152 Å². The van der Waals surface area contributed by atoms with E-state index in [1.165, 1.54) is 34.1 Å². The van der Waals surface area contributed by atoms with Gasteiger partial charge in [-0.1, -0.05) is 105 Å². The number of para-hydroxylation sites is 1. The standard InChI is InChI=1S/C62H66F2N8O9/c1-62(63,64)42-24-26-46-41(32-42)33-49(67-46)57(77)69-48-25-23-39-20-14-21-40-34-51(72(55(39)40)61(48)81)59(79)68-47(27-29-53(65)74)52(73)35-44(37-16-11-9-12-17-37)56(76)66-31-13-8-6-4-2-3-5-7-10-18-38-19-15-22-43-45(38)36-71(60(43)80)50-28-30-54(75)70-58(50)78/h9,11-12,14-17,19-22,24,26,32-33,44,47-48,50-51,67H,2-8,13,23,25,27-31,34-36H2,1H3,(H2,65,74)(H,66,76)(H,68,79)(H,69,77)(H,70,75,78)/t44-,47-,48-,50?,51-/m0/s1. The van der Waals surface area contributed by atoms with E-state index in [9.17, 15) is 51.9 Å². The molecule has 0 saturated carbocycles. The van der Waals surface area contributed by atoms with E-state index in [0.29, 0.717) is 59.9 Å². The highest BCUT2D eigenvalue weighted by atomic mass is 19.3. The fourth-order valence-corrected chi connectivity index (χ4v) is 11.4. The third-order valence-electron chi connectivity index (χ3n) is 15.8. The van der Waals surface area contributed by atoms with Crippen molar-refractivity contribution in [1.82, 2.24) is 31.2 Å². The van der Waals surface area contributed by atoms with Crippen molar-refractivity contribution in [1.29, 1.82) is 0 Å². The maximum absolute atomic E-state index is 14.6. The second-order valence-electron chi connectivity index (χ2n) is 21.5. The number of nitrogens with zero attached hydrogens (tertiary/aromatic N) is 2. The average Bonchev–Trinajstić information content (AvgIpc) is 3.80. The van der Waals surface area contributed by atoms with Crippen LogP contribution in [-0.4, -0.2) is 93.6 Å². The number of ketones is 1. The molecule has 4 aromatic carbocycles. The number of amides is 8. The predicted molar refractivity (Wildman–Crippen MR) is 297 cm³/mol. The highest BCUT2D eigenvalue weighted by Crippen LogP contribution is 2.40. The SMILES string of the molecule is CC(F)(F)c1ccc2[nH]c(C(=O)N[C@H]3CCc4cccc5c4N(C3=O)[C@H](C(=O)N[C@@H](CCC(N)=O)C(=O)C[C@H](C(=O)NCCCCCCCCCC#Cc3cccc4c3CN(C3CCC(=O)NC3=O)C4=O)c3ccccc3)C5)cc2c1. The Balaban J connectivity index is 0.757. The Labute approximate surface area is 467 Å². The Hall–Kier alpha value is -8.53. The van der Waals surface area contributed by atoms with Gasteiger partial charge in [-0.2, -0.15) is 0 Å². The number of nitrogens with two attached hydrogens (primary N) is 1. The highest BCUT2D eigenvalue weighted by Gasteiger charge is 2.45. The highest BCUT2D eigenvalue weighted by molar-refractivity contribution is 6.10. The molecule has 1 fully saturated rings. The zero-order chi connectivity index (χ0) is 57.4. The normalized spacial score (nSPS) is 18.2. The lowest BCUT2D eigenvalue weighted by Crippen LogP contribution is -2.56. The van der Waals surface area contributed by atoms with Gasteiger partial charge in [-0.3, -0.25) is 53.4 Å². The van der Waals surface area contributed by atoms with Gasteiger partial charge in [-0.05, 0) is 91.1 Å². The van der Waals surface area contributed by atoms with Crippen LogP contribution in [0.25, 0.3) is 10.9 Å². The number of primary amides is 1. The third-order valence-corrected chi connectivity index (χ3v) is 15.8. The van der Waals surface area contributed by atoms with Crippen LogP contribution in [-0.2, 0) is 58.9 Å². The van der Waals surface area contributed by atoms with Crippen molar-refractivity contribution >= 4 is 69.6 Å². The first-order chi connectivity index (χ1) is 38.9. The smallest absolute Gasteiger partial charge is 0.270 e. The van der Waals surface area contributed by atoms with Gasteiger partial charge < -0.3 is 31.6 Å². The van der Waals surface area contributed by atoms with Crippen LogP contribution in [0.2, 0.25) is 0 Å². The third kappa shape index (κ3) is 13.4. The van der Waals surface area contributed by atoms with Gasteiger partial charge in [0.25, 0.3) is 17.7 Å². The number of hydrogen-bond donors (Lipinski definition) is 6. The quantitative estimate of drug-likeness (QED) is 0.0228. The number of imide groups is 1. The molecule has 0 bridgehead atoms. The number of H-pyrrole nitrogens is 1. The maximum Gasteiger partial charge on any atom is 0.270 e. The number of rotatable bonds is 23. The molecule has 7 N–H and O–H groups in total. The molecule has 4 aliphatic heterocycles. The van der Waals surface area contributed by atoms with E-state index in [1.807, 2.05) is 24.3 Å². The fraction of sp³-hybridized carbons (Fsp3) is 0.403. The van der Waals surface area contributed by atoms with Gasteiger partial charge in [0, 0.05) is 79.7 Å². The zero-order valence-electron chi connectivity index (χ0n) is 45.2. The number of carbonyl (C=O) groups is 9. The van der Waals surface area contributed by atoms with E-state index in [4.69, 9.17) is 5.73 Å². The number of Topliss-reactive ketones (excluding diaryl/α,β-unsaturated/α-hetero) is 1. The summed E-state index contributed by atoms with van der Waals surface area (Å²) in [5, 5.41) is 11.4. The van der Waals surface area contributed by atoms with Gasteiger partial charge in [0.05, 0.1) is 17.6 Å². The summed E-state index contributed by atoms with van der Waals surface area (Å²) in [6.45, 7) is 1.44. The number of aryl methyl sites for hydroxylation is 1. The molecule has 5 aromatic rings. The molecular weight excluding hydrogens is 1040 g/mol. The molecule has 0 radical (unpaired) electrons. The molecule has 1 unspecified atom stereocenters. The number of aromatic nitrogens is 1. The molecule has 1 aromatic heterocycles. The molecule has 0 spiro atoms. The Kier molecular flexibility index (Phi) is 17.8. The molecule has 0 aliphatic carbocycles. The summed E-state index contributed by atoms with van der Waals surface area (Å²) in [7, 11) is 0. The number of aromatic amines is 1. The molecule has 1 saturated heterocycles. The van der Waals surface area contributed by atoms with Gasteiger partial charge in [0.2, 0.25) is 35.4 Å². The van der Waals surface area contributed by atoms with Crippen molar-refractivity contribution in [3.63, 3.8) is 0 Å². The Morgan fingerprint density at radius 2 is 1.58 bits per heavy atom. The minimum atomic E-state index is -3.09. The van der Waals surface area contributed by atoms with Crippen molar-refractivity contribution in [2.75, 3.05) is 11.4 Å². The van der Waals surface area contributed by atoms with Crippen LogP contribution < -0.4 is 31.9 Å². The monoisotopic (exact) mass is 1100 g/mol. The van der Waals surface area contributed by atoms with Crippen LogP contribution >= 0.6 is 0 Å². The lowest BCUT2D eigenvalue weighted by Gasteiger charge is -2.29. The molecule has 81 heavy (non-hydrogen) atoms. The van der Waals surface area contributed by atoms with E-state index in [2.05, 4.69) is 38.1 Å².